The summed E-state index contributed by atoms with van der Waals surface area (Å²) in [6.07, 6.45) is 1.72. The molecule has 0 N–H and O–H groups in total. The first-order valence-electron chi connectivity index (χ1n) is 4.59. The molecule has 0 aliphatic heterocycles. The fraction of sp³-hybridized carbons (Fsp3) is 0.500. The van der Waals surface area contributed by atoms with Crippen LogP contribution in [0.15, 0.2) is 22.8 Å². The molecular weight excluding hydrogens is 246 g/mol. The molecule has 78 valence electrons. The van der Waals surface area contributed by atoms with Crippen LogP contribution >= 0.6 is 15.9 Å². The largest absolute Gasteiger partial charge is 0.471 e. The molecule has 0 aliphatic rings. The van der Waals surface area contributed by atoms with Gasteiger partial charge in [-0.25, -0.2) is 4.98 Å². The predicted molar refractivity (Wildman–Crippen MR) is 58.5 cm³/mol. The van der Waals surface area contributed by atoms with Crippen molar-refractivity contribution in [1.29, 1.82) is 0 Å². The zero-order chi connectivity index (χ0) is 10.4. The van der Waals surface area contributed by atoms with E-state index in [1.165, 1.54) is 0 Å². The Morgan fingerprint density at radius 2 is 2.36 bits per heavy atom. The van der Waals surface area contributed by atoms with Crippen LogP contribution in [0, 0.1) is 0 Å². The normalized spacial score (nSPS) is 12.5. The van der Waals surface area contributed by atoms with E-state index in [4.69, 9.17) is 9.47 Å². The topological polar surface area (TPSA) is 31.4 Å². The fourth-order valence-corrected chi connectivity index (χ4v) is 1.31. The Hall–Kier alpha value is -0.610. The maximum atomic E-state index is 5.56. The first-order chi connectivity index (χ1) is 6.74. The first kappa shape index (κ1) is 11.5. The number of nitrogens with zero attached hydrogens (tertiary/aromatic N) is 1. The van der Waals surface area contributed by atoms with Crippen LogP contribution in [0.2, 0.25) is 0 Å². The highest BCUT2D eigenvalue weighted by Crippen LogP contribution is 2.21. The third kappa shape index (κ3) is 3.64. The van der Waals surface area contributed by atoms with E-state index >= 15 is 0 Å². The average Bonchev–Trinajstić information content (AvgIpc) is 2.18. The summed E-state index contributed by atoms with van der Waals surface area (Å²) in [6, 6.07) is 3.75. The van der Waals surface area contributed by atoms with E-state index in [0.717, 1.165) is 4.47 Å². The van der Waals surface area contributed by atoms with Gasteiger partial charge in [-0.2, -0.15) is 0 Å². The van der Waals surface area contributed by atoms with Crippen molar-refractivity contribution in [2.75, 3.05) is 13.2 Å². The molecule has 0 amide bonds. The van der Waals surface area contributed by atoms with Crippen LogP contribution in [0.3, 0.4) is 0 Å². The van der Waals surface area contributed by atoms with Crippen LogP contribution in [0.25, 0.3) is 0 Å². The Balaban J connectivity index is 2.47. The third-order valence-corrected chi connectivity index (χ3v) is 2.20. The molecule has 0 saturated carbocycles. The van der Waals surface area contributed by atoms with Crippen molar-refractivity contribution >= 4 is 15.9 Å². The van der Waals surface area contributed by atoms with Crippen molar-refractivity contribution in [2.45, 2.75) is 20.0 Å². The number of hydrogen-bond donors (Lipinski definition) is 0. The molecular formula is C10H14BrNO2. The Bertz CT molecular complexity index is 281. The molecule has 0 spiro atoms. The maximum absolute atomic E-state index is 5.56. The average molecular weight is 260 g/mol. The van der Waals surface area contributed by atoms with Gasteiger partial charge in [0.2, 0.25) is 5.88 Å². The van der Waals surface area contributed by atoms with E-state index in [9.17, 15) is 0 Å². The van der Waals surface area contributed by atoms with Gasteiger partial charge in [0.05, 0.1) is 11.1 Å². The second-order valence-electron chi connectivity index (χ2n) is 2.88. The smallest absolute Gasteiger partial charge is 0.228 e. The molecule has 0 saturated heterocycles. The van der Waals surface area contributed by atoms with Crippen LogP contribution < -0.4 is 4.74 Å². The molecule has 1 unspecified atom stereocenters. The van der Waals surface area contributed by atoms with Gasteiger partial charge in [-0.05, 0) is 41.9 Å². The summed E-state index contributed by atoms with van der Waals surface area (Å²) in [5, 5.41) is 0. The lowest BCUT2D eigenvalue weighted by Gasteiger charge is -2.14. The van der Waals surface area contributed by atoms with Crippen molar-refractivity contribution in [2.24, 2.45) is 0 Å². The number of hydrogen-bond acceptors (Lipinski definition) is 3. The molecule has 1 aromatic rings. The van der Waals surface area contributed by atoms with Gasteiger partial charge < -0.3 is 9.47 Å². The lowest BCUT2D eigenvalue weighted by Crippen LogP contribution is -2.19. The summed E-state index contributed by atoms with van der Waals surface area (Å²) in [6.45, 7) is 5.21. The van der Waals surface area contributed by atoms with Crippen molar-refractivity contribution in [3.63, 3.8) is 0 Å². The Morgan fingerprint density at radius 1 is 1.57 bits per heavy atom. The SMILES string of the molecule is CCOCC(C)Oc1ncccc1Br. The van der Waals surface area contributed by atoms with Gasteiger partial charge in [0.25, 0.3) is 0 Å². The van der Waals surface area contributed by atoms with Crippen molar-refractivity contribution in [1.82, 2.24) is 4.98 Å². The predicted octanol–water partition coefficient (Wildman–Crippen LogP) is 2.65. The zero-order valence-corrected chi connectivity index (χ0v) is 9.95. The van der Waals surface area contributed by atoms with Crippen molar-refractivity contribution in [3.05, 3.63) is 22.8 Å². The zero-order valence-electron chi connectivity index (χ0n) is 8.37. The van der Waals surface area contributed by atoms with E-state index < -0.39 is 0 Å². The van der Waals surface area contributed by atoms with Crippen LogP contribution in [0.5, 0.6) is 5.88 Å². The molecule has 0 aliphatic carbocycles. The van der Waals surface area contributed by atoms with Crippen molar-refractivity contribution in [3.8, 4) is 5.88 Å². The molecule has 4 heteroatoms. The molecule has 3 nitrogen and oxygen atoms in total. The standard InChI is InChI=1S/C10H14BrNO2/c1-3-13-7-8(2)14-10-9(11)5-4-6-12-10/h4-6,8H,3,7H2,1-2H3. The molecule has 0 bridgehead atoms. The molecule has 0 radical (unpaired) electrons. The van der Waals surface area contributed by atoms with Crippen LogP contribution in [-0.2, 0) is 4.74 Å². The molecule has 0 aromatic carbocycles. The first-order valence-corrected chi connectivity index (χ1v) is 5.38. The van der Waals surface area contributed by atoms with E-state index in [1.807, 2.05) is 26.0 Å². The van der Waals surface area contributed by atoms with E-state index in [0.29, 0.717) is 19.1 Å². The fourth-order valence-electron chi connectivity index (χ4n) is 0.966. The van der Waals surface area contributed by atoms with E-state index in [1.54, 1.807) is 6.20 Å². The number of rotatable bonds is 5. The quantitative estimate of drug-likeness (QED) is 0.815. The van der Waals surface area contributed by atoms with Gasteiger partial charge in [0.15, 0.2) is 0 Å². The summed E-state index contributed by atoms with van der Waals surface area (Å²) in [7, 11) is 0. The summed E-state index contributed by atoms with van der Waals surface area (Å²) >= 11 is 3.36. The number of ether oxygens (including phenoxy) is 2. The summed E-state index contributed by atoms with van der Waals surface area (Å²) in [5.74, 6) is 0.611. The minimum absolute atomic E-state index is 0.0150. The monoisotopic (exact) mass is 259 g/mol. The van der Waals surface area contributed by atoms with Gasteiger partial charge in [0.1, 0.15) is 6.10 Å². The number of aromatic nitrogens is 1. The Labute approximate surface area is 92.6 Å². The lowest BCUT2D eigenvalue weighted by atomic mass is 10.4. The van der Waals surface area contributed by atoms with Crippen molar-refractivity contribution < 1.29 is 9.47 Å². The highest BCUT2D eigenvalue weighted by atomic mass is 79.9. The highest BCUT2D eigenvalue weighted by Gasteiger charge is 2.07. The van der Waals surface area contributed by atoms with Crippen LogP contribution in [0.1, 0.15) is 13.8 Å². The van der Waals surface area contributed by atoms with Gasteiger partial charge in [-0.3, -0.25) is 0 Å². The second kappa shape index (κ2) is 5.98. The van der Waals surface area contributed by atoms with Gasteiger partial charge >= 0.3 is 0 Å². The minimum atomic E-state index is 0.0150. The van der Waals surface area contributed by atoms with Gasteiger partial charge in [0, 0.05) is 12.8 Å². The minimum Gasteiger partial charge on any atom is -0.471 e. The molecule has 1 heterocycles. The molecule has 1 rings (SSSR count). The summed E-state index contributed by atoms with van der Waals surface area (Å²) in [5.41, 5.74) is 0. The molecule has 14 heavy (non-hydrogen) atoms. The van der Waals surface area contributed by atoms with Gasteiger partial charge in [-0.15, -0.1) is 0 Å². The second-order valence-corrected chi connectivity index (χ2v) is 3.73. The summed E-state index contributed by atoms with van der Waals surface area (Å²) in [4.78, 5) is 4.10. The molecule has 0 fully saturated rings. The highest BCUT2D eigenvalue weighted by molar-refractivity contribution is 9.10. The Kier molecular flexibility index (Phi) is 4.90. The Morgan fingerprint density at radius 3 is 3.00 bits per heavy atom. The summed E-state index contributed by atoms with van der Waals surface area (Å²) < 4.78 is 11.7. The number of pyridine rings is 1. The maximum Gasteiger partial charge on any atom is 0.228 e. The van der Waals surface area contributed by atoms with Crippen LogP contribution in [0.4, 0.5) is 0 Å². The van der Waals surface area contributed by atoms with Gasteiger partial charge in [-0.1, -0.05) is 0 Å². The third-order valence-electron chi connectivity index (χ3n) is 1.59. The van der Waals surface area contributed by atoms with Crippen LogP contribution in [-0.4, -0.2) is 24.3 Å². The van der Waals surface area contributed by atoms with E-state index in [-0.39, 0.29) is 6.10 Å². The van der Waals surface area contributed by atoms with E-state index in [2.05, 4.69) is 20.9 Å². The molecule has 1 atom stereocenters. The number of halogens is 1. The molecule has 1 aromatic heterocycles. The lowest BCUT2D eigenvalue weighted by molar-refractivity contribution is 0.0629.